The molecule has 0 spiro atoms. The highest BCUT2D eigenvalue weighted by atomic mass is 32.2. The van der Waals surface area contributed by atoms with Crippen LogP contribution in [0.4, 0.5) is 5.82 Å². The standard InChI is InChI=1S/C11H17N3O2S3/c1-12-11-10(3-2-4-13-11)19(15,16)14-7-9-8-17-5-6-18-9/h2-4,9,14H,5-8H2,1H3,(H,12,13). The summed E-state index contributed by atoms with van der Waals surface area (Å²) in [4.78, 5) is 4.22. The van der Waals surface area contributed by atoms with Crippen LogP contribution in [-0.2, 0) is 10.0 Å². The topological polar surface area (TPSA) is 71.1 Å². The molecule has 0 amide bonds. The maximum atomic E-state index is 12.2. The van der Waals surface area contributed by atoms with Crippen molar-refractivity contribution >= 4 is 39.4 Å². The molecule has 8 heteroatoms. The van der Waals surface area contributed by atoms with Gasteiger partial charge in [-0.2, -0.15) is 23.5 Å². The van der Waals surface area contributed by atoms with Gasteiger partial charge in [0, 0.05) is 42.3 Å². The largest absolute Gasteiger partial charge is 0.372 e. The van der Waals surface area contributed by atoms with Crippen molar-refractivity contribution in [2.24, 2.45) is 0 Å². The van der Waals surface area contributed by atoms with Crippen LogP contribution in [0.15, 0.2) is 23.2 Å². The summed E-state index contributed by atoms with van der Waals surface area (Å²) in [7, 11) is -1.84. The molecule has 0 aliphatic carbocycles. The fourth-order valence-electron chi connectivity index (χ4n) is 1.73. The van der Waals surface area contributed by atoms with E-state index in [9.17, 15) is 8.42 Å². The first-order valence-corrected chi connectivity index (χ1v) is 9.64. The highest BCUT2D eigenvalue weighted by molar-refractivity contribution is 8.06. The third-order valence-electron chi connectivity index (χ3n) is 2.68. The molecule has 5 nitrogen and oxygen atoms in total. The minimum absolute atomic E-state index is 0.200. The van der Waals surface area contributed by atoms with Gasteiger partial charge in [-0.1, -0.05) is 0 Å². The predicted octanol–water partition coefficient (Wildman–Crippen LogP) is 1.25. The zero-order valence-corrected chi connectivity index (χ0v) is 13.1. The van der Waals surface area contributed by atoms with Gasteiger partial charge >= 0.3 is 0 Å². The molecule has 1 fully saturated rings. The molecule has 0 radical (unpaired) electrons. The van der Waals surface area contributed by atoms with E-state index >= 15 is 0 Å². The second kappa shape index (κ2) is 6.83. The molecule has 1 aromatic rings. The number of nitrogens with one attached hydrogen (secondary N) is 2. The lowest BCUT2D eigenvalue weighted by Crippen LogP contribution is -2.33. The van der Waals surface area contributed by atoms with Gasteiger partial charge in [-0.05, 0) is 12.1 Å². The number of aromatic nitrogens is 1. The maximum Gasteiger partial charge on any atom is 0.244 e. The minimum Gasteiger partial charge on any atom is -0.372 e. The molecule has 2 heterocycles. The van der Waals surface area contributed by atoms with Crippen molar-refractivity contribution in [2.75, 3.05) is 36.2 Å². The van der Waals surface area contributed by atoms with Crippen molar-refractivity contribution < 1.29 is 8.42 Å². The Morgan fingerprint density at radius 3 is 3.00 bits per heavy atom. The maximum absolute atomic E-state index is 12.2. The number of nitrogens with zero attached hydrogens (tertiary/aromatic N) is 1. The summed E-state index contributed by atoms with van der Waals surface area (Å²) >= 11 is 3.71. The van der Waals surface area contributed by atoms with E-state index < -0.39 is 10.0 Å². The zero-order chi connectivity index (χ0) is 13.7. The molecule has 1 unspecified atom stereocenters. The van der Waals surface area contributed by atoms with E-state index in [1.54, 1.807) is 25.4 Å². The number of anilines is 1. The molecule has 2 N–H and O–H groups in total. The van der Waals surface area contributed by atoms with Gasteiger partial charge in [0.2, 0.25) is 10.0 Å². The molecular formula is C11H17N3O2S3. The summed E-state index contributed by atoms with van der Waals surface area (Å²) < 4.78 is 27.2. The molecule has 0 aromatic carbocycles. The van der Waals surface area contributed by atoms with Crippen LogP contribution in [-0.4, -0.2) is 49.5 Å². The molecular weight excluding hydrogens is 302 g/mol. The van der Waals surface area contributed by atoms with Crippen LogP contribution in [0.5, 0.6) is 0 Å². The average molecular weight is 319 g/mol. The Balaban J connectivity index is 2.05. The number of rotatable bonds is 5. The molecule has 19 heavy (non-hydrogen) atoms. The van der Waals surface area contributed by atoms with Crippen molar-refractivity contribution in [1.82, 2.24) is 9.71 Å². The Morgan fingerprint density at radius 2 is 2.32 bits per heavy atom. The molecule has 1 atom stereocenters. The van der Waals surface area contributed by atoms with Crippen molar-refractivity contribution in [3.63, 3.8) is 0 Å². The van der Waals surface area contributed by atoms with Crippen LogP contribution in [0.3, 0.4) is 0 Å². The molecule has 106 valence electrons. The molecule has 1 aromatic heterocycles. The monoisotopic (exact) mass is 319 g/mol. The number of sulfonamides is 1. The molecule has 0 saturated carbocycles. The van der Waals surface area contributed by atoms with Gasteiger partial charge < -0.3 is 5.32 Å². The van der Waals surface area contributed by atoms with Gasteiger partial charge in [0.1, 0.15) is 10.7 Å². The second-order valence-corrected chi connectivity index (χ2v) is 8.31. The van der Waals surface area contributed by atoms with Gasteiger partial charge in [0.25, 0.3) is 0 Å². The quantitative estimate of drug-likeness (QED) is 0.851. The van der Waals surface area contributed by atoms with Crippen molar-refractivity contribution in [3.05, 3.63) is 18.3 Å². The first kappa shape index (κ1) is 15.0. The van der Waals surface area contributed by atoms with Gasteiger partial charge in [0.05, 0.1) is 0 Å². The van der Waals surface area contributed by atoms with E-state index in [1.807, 2.05) is 23.5 Å². The molecule has 0 bridgehead atoms. The van der Waals surface area contributed by atoms with Crippen LogP contribution >= 0.6 is 23.5 Å². The van der Waals surface area contributed by atoms with Crippen LogP contribution < -0.4 is 10.0 Å². The molecule has 1 saturated heterocycles. The summed E-state index contributed by atoms with van der Waals surface area (Å²) in [6, 6.07) is 3.19. The summed E-state index contributed by atoms with van der Waals surface area (Å²) in [6.07, 6.45) is 1.57. The first-order valence-electron chi connectivity index (χ1n) is 5.95. The van der Waals surface area contributed by atoms with E-state index in [-0.39, 0.29) is 4.90 Å². The lowest BCUT2D eigenvalue weighted by molar-refractivity contribution is 0.581. The van der Waals surface area contributed by atoms with E-state index in [0.29, 0.717) is 17.6 Å². The fraction of sp³-hybridized carbons (Fsp3) is 0.545. The number of hydrogen-bond acceptors (Lipinski definition) is 6. The average Bonchev–Trinajstić information content (AvgIpc) is 2.46. The lowest BCUT2D eigenvalue weighted by Gasteiger charge is -2.21. The van der Waals surface area contributed by atoms with Crippen LogP contribution in [0.1, 0.15) is 0 Å². The Labute approximate surface area is 122 Å². The van der Waals surface area contributed by atoms with Gasteiger partial charge in [-0.3, -0.25) is 0 Å². The molecule has 1 aliphatic rings. The first-order chi connectivity index (χ1) is 9.13. The number of thioether (sulfide) groups is 2. The van der Waals surface area contributed by atoms with Crippen LogP contribution in [0.25, 0.3) is 0 Å². The lowest BCUT2D eigenvalue weighted by atomic mass is 10.5. The number of pyridine rings is 1. The molecule has 2 rings (SSSR count). The van der Waals surface area contributed by atoms with Crippen LogP contribution in [0, 0.1) is 0 Å². The molecule has 1 aliphatic heterocycles. The van der Waals surface area contributed by atoms with E-state index in [1.165, 1.54) is 0 Å². The Bertz CT molecular complexity index is 516. The van der Waals surface area contributed by atoms with Crippen LogP contribution in [0.2, 0.25) is 0 Å². The van der Waals surface area contributed by atoms with Gasteiger partial charge in [-0.15, -0.1) is 0 Å². The Kier molecular flexibility index (Phi) is 5.37. The van der Waals surface area contributed by atoms with Crippen molar-refractivity contribution in [1.29, 1.82) is 0 Å². The number of hydrogen-bond donors (Lipinski definition) is 2. The summed E-state index contributed by atoms with van der Waals surface area (Å²) in [5.41, 5.74) is 0. The minimum atomic E-state index is -3.50. The summed E-state index contributed by atoms with van der Waals surface area (Å²) in [6.45, 7) is 0.470. The third-order valence-corrected chi connectivity index (χ3v) is 6.98. The SMILES string of the molecule is CNc1ncccc1S(=O)(=O)NCC1CSCCS1. The van der Waals surface area contributed by atoms with Gasteiger partial charge in [0.15, 0.2) is 0 Å². The summed E-state index contributed by atoms with van der Waals surface area (Å²) in [5, 5.41) is 3.15. The summed E-state index contributed by atoms with van der Waals surface area (Å²) in [5.74, 6) is 3.62. The highest BCUT2D eigenvalue weighted by Gasteiger charge is 2.21. The van der Waals surface area contributed by atoms with E-state index in [0.717, 1.165) is 17.3 Å². The Morgan fingerprint density at radius 1 is 1.47 bits per heavy atom. The van der Waals surface area contributed by atoms with E-state index in [2.05, 4.69) is 15.0 Å². The smallest absolute Gasteiger partial charge is 0.244 e. The van der Waals surface area contributed by atoms with Crippen molar-refractivity contribution in [2.45, 2.75) is 10.1 Å². The van der Waals surface area contributed by atoms with Crippen molar-refractivity contribution in [3.8, 4) is 0 Å². The zero-order valence-electron chi connectivity index (χ0n) is 10.6. The normalized spacial score (nSPS) is 20.2. The van der Waals surface area contributed by atoms with E-state index in [4.69, 9.17) is 0 Å². The predicted molar refractivity (Wildman–Crippen MR) is 82.5 cm³/mol. The third kappa shape index (κ3) is 4.01. The highest BCUT2D eigenvalue weighted by Crippen LogP contribution is 2.24. The second-order valence-electron chi connectivity index (χ2n) is 4.02. The Hall–Kier alpha value is -0.440. The fourth-order valence-corrected chi connectivity index (χ4v) is 5.69. The van der Waals surface area contributed by atoms with Gasteiger partial charge in [-0.25, -0.2) is 18.1 Å².